The van der Waals surface area contributed by atoms with Gasteiger partial charge in [-0.05, 0) is 44.0 Å². The predicted octanol–water partition coefficient (Wildman–Crippen LogP) is 5.88. The van der Waals surface area contributed by atoms with E-state index in [4.69, 9.17) is 16.0 Å². The molecular weight excluding hydrogens is 408 g/mol. The number of benzene rings is 2. The van der Waals surface area contributed by atoms with Gasteiger partial charge in [0.1, 0.15) is 0 Å². The summed E-state index contributed by atoms with van der Waals surface area (Å²) < 4.78 is 32.6. The number of nitrogens with one attached hydrogen (secondary N) is 1. The largest absolute Gasteiger partial charge is 0.419 e. The van der Waals surface area contributed by atoms with Crippen molar-refractivity contribution in [1.29, 1.82) is 0 Å². The Morgan fingerprint density at radius 2 is 1.72 bits per heavy atom. The van der Waals surface area contributed by atoms with E-state index in [0.717, 1.165) is 31.2 Å². The van der Waals surface area contributed by atoms with Crippen molar-refractivity contribution in [3.05, 3.63) is 59.1 Å². The van der Waals surface area contributed by atoms with Crippen molar-refractivity contribution in [2.75, 3.05) is 5.32 Å². The smallest absolute Gasteiger partial charge is 0.234 e. The Hall–Kier alpha value is -2.31. The second-order valence-electron chi connectivity index (χ2n) is 7.43. The summed E-state index contributed by atoms with van der Waals surface area (Å²) in [5.41, 5.74) is 1.55. The first-order valence-corrected chi connectivity index (χ1v) is 11.7. The molecule has 2 aromatic carbocycles. The first-order chi connectivity index (χ1) is 13.9. The summed E-state index contributed by atoms with van der Waals surface area (Å²) in [5, 5.41) is 3.66. The van der Waals surface area contributed by atoms with E-state index in [1.165, 1.54) is 6.42 Å². The molecule has 0 aliphatic heterocycles. The zero-order chi connectivity index (χ0) is 20.4. The minimum Gasteiger partial charge on any atom is -0.419 e. The normalized spacial score (nSPS) is 15.4. The summed E-state index contributed by atoms with van der Waals surface area (Å²) in [6.45, 7) is 1.91. The van der Waals surface area contributed by atoms with Crippen molar-refractivity contribution in [3.63, 3.8) is 0 Å². The Morgan fingerprint density at radius 3 is 2.41 bits per heavy atom. The number of anilines is 1. The summed E-state index contributed by atoms with van der Waals surface area (Å²) >= 11 is 6.29. The van der Waals surface area contributed by atoms with Crippen LogP contribution >= 0.6 is 11.6 Å². The monoisotopic (exact) mass is 430 g/mol. The third kappa shape index (κ3) is 4.19. The van der Waals surface area contributed by atoms with Gasteiger partial charge in [0.05, 0.1) is 15.5 Å². The molecule has 1 aliphatic carbocycles. The van der Waals surface area contributed by atoms with Gasteiger partial charge in [0, 0.05) is 6.04 Å². The van der Waals surface area contributed by atoms with Crippen molar-refractivity contribution in [1.82, 2.24) is 4.98 Å². The summed E-state index contributed by atoms with van der Waals surface area (Å²) in [6, 6.07) is 14.0. The number of hydrogen-bond donors (Lipinski definition) is 1. The molecule has 29 heavy (non-hydrogen) atoms. The average Bonchev–Trinajstić information content (AvgIpc) is 3.14. The van der Waals surface area contributed by atoms with Gasteiger partial charge in [0.15, 0.2) is 0 Å². The van der Waals surface area contributed by atoms with E-state index in [-0.39, 0.29) is 27.7 Å². The molecule has 0 saturated heterocycles. The Kier molecular flexibility index (Phi) is 5.65. The molecule has 152 valence electrons. The molecule has 3 aromatic rings. The van der Waals surface area contributed by atoms with Gasteiger partial charge < -0.3 is 9.73 Å². The van der Waals surface area contributed by atoms with E-state index >= 15 is 0 Å². The molecule has 0 unspecified atom stereocenters. The van der Waals surface area contributed by atoms with E-state index in [9.17, 15) is 8.42 Å². The van der Waals surface area contributed by atoms with Gasteiger partial charge in [-0.25, -0.2) is 8.42 Å². The van der Waals surface area contributed by atoms with Gasteiger partial charge in [0.2, 0.25) is 26.6 Å². The third-order valence-electron chi connectivity index (χ3n) is 5.23. The van der Waals surface area contributed by atoms with Crippen molar-refractivity contribution in [2.24, 2.45) is 0 Å². The Labute approximate surface area is 176 Å². The predicted molar refractivity (Wildman–Crippen MR) is 114 cm³/mol. The van der Waals surface area contributed by atoms with Gasteiger partial charge in [-0.3, -0.25) is 0 Å². The molecule has 1 aliphatic rings. The Morgan fingerprint density at radius 1 is 1.03 bits per heavy atom. The van der Waals surface area contributed by atoms with Gasteiger partial charge in [0.25, 0.3) is 0 Å². The fraction of sp³-hybridized carbons (Fsp3) is 0.318. The lowest BCUT2D eigenvalue weighted by atomic mass is 9.96. The SMILES string of the molecule is Cc1ccc(S(=O)(=O)c2nc(-c3ccccc3Cl)oc2NC2CCCCC2)cc1. The molecule has 0 spiro atoms. The number of hydrogen-bond acceptors (Lipinski definition) is 5. The highest BCUT2D eigenvalue weighted by atomic mass is 35.5. The number of halogens is 1. The fourth-order valence-corrected chi connectivity index (χ4v) is 5.07. The highest BCUT2D eigenvalue weighted by Crippen LogP contribution is 2.36. The number of nitrogens with zero attached hydrogens (tertiary/aromatic N) is 1. The minimum absolute atomic E-state index is 0.0955. The number of rotatable bonds is 5. The van der Waals surface area contributed by atoms with Crippen molar-refractivity contribution in [3.8, 4) is 11.5 Å². The first-order valence-electron chi connectivity index (χ1n) is 9.79. The molecule has 0 bridgehead atoms. The Bertz CT molecular complexity index is 1100. The molecule has 5 nitrogen and oxygen atoms in total. The summed E-state index contributed by atoms with van der Waals surface area (Å²) in [7, 11) is -3.85. The quantitative estimate of drug-likeness (QED) is 0.547. The Balaban J connectivity index is 1.80. The molecule has 0 amide bonds. The number of oxazole rings is 1. The zero-order valence-electron chi connectivity index (χ0n) is 16.2. The van der Waals surface area contributed by atoms with Crippen LogP contribution in [-0.4, -0.2) is 19.4 Å². The molecule has 1 heterocycles. The van der Waals surface area contributed by atoms with Crippen LogP contribution in [0.3, 0.4) is 0 Å². The molecule has 1 saturated carbocycles. The van der Waals surface area contributed by atoms with Crippen LogP contribution in [0.25, 0.3) is 11.5 Å². The lowest BCUT2D eigenvalue weighted by Crippen LogP contribution is -2.23. The molecule has 1 aromatic heterocycles. The van der Waals surface area contributed by atoms with Crippen LogP contribution in [-0.2, 0) is 9.84 Å². The summed E-state index contributed by atoms with van der Waals surface area (Å²) in [4.78, 5) is 4.56. The molecule has 4 rings (SSSR count). The average molecular weight is 431 g/mol. The summed E-state index contributed by atoms with van der Waals surface area (Å²) in [6.07, 6.45) is 5.39. The van der Waals surface area contributed by atoms with Crippen LogP contribution in [0.4, 0.5) is 5.88 Å². The van der Waals surface area contributed by atoms with Crippen LogP contribution in [0.1, 0.15) is 37.7 Å². The van der Waals surface area contributed by atoms with Crippen LogP contribution < -0.4 is 5.32 Å². The number of aryl methyl sites for hydroxylation is 1. The van der Waals surface area contributed by atoms with Crippen LogP contribution in [0, 0.1) is 6.92 Å². The van der Waals surface area contributed by atoms with E-state index in [0.29, 0.717) is 10.6 Å². The second-order valence-corrected chi connectivity index (χ2v) is 9.70. The third-order valence-corrected chi connectivity index (χ3v) is 7.23. The molecule has 1 N–H and O–H groups in total. The highest BCUT2D eigenvalue weighted by Gasteiger charge is 2.30. The number of aromatic nitrogens is 1. The van der Waals surface area contributed by atoms with Gasteiger partial charge in [-0.2, -0.15) is 4.98 Å². The molecule has 1 fully saturated rings. The summed E-state index contributed by atoms with van der Waals surface area (Å²) in [5.74, 6) is 0.381. The molecule has 0 atom stereocenters. The second kappa shape index (κ2) is 8.20. The molecule has 7 heteroatoms. The van der Waals surface area contributed by atoms with Crippen LogP contribution in [0.2, 0.25) is 5.02 Å². The van der Waals surface area contributed by atoms with Gasteiger partial charge >= 0.3 is 0 Å². The van der Waals surface area contributed by atoms with E-state index in [1.807, 2.05) is 13.0 Å². The molecular formula is C22H23ClN2O3S. The van der Waals surface area contributed by atoms with E-state index in [2.05, 4.69) is 10.3 Å². The van der Waals surface area contributed by atoms with Gasteiger partial charge in [-0.15, -0.1) is 0 Å². The lowest BCUT2D eigenvalue weighted by Gasteiger charge is -2.22. The maximum absolute atomic E-state index is 13.3. The zero-order valence-corrected chi connectivity index (χ0v) is 17.8. The standard InChI is InChI=1S/C22H23ClN2O3S/c1-15-11-13-17(14-12-15)29(26,27)22-21(24-16-7-3-2-4-8-16)28-20(25-22)18-9-5-6-10-19(18)23/h5-6,9-14,16,24H,2-4,7-8H2,1H3. The number of sulfone groups is 1. The van der Waals surface area contributed by atoms with Gasteiger partial charge in [-0.1, -0.05) is 60.7 Å². The topological polar surface area (TPSA) is 72.2 Å². The van der Waals surface area contributed by atoms with Crippen molar-refractivity contribution < 1.29 is 12.8 Å². The lowest BCUT2D eigenvalue weighted by molar-refractivity contribution is 0.450. The molecule has 0 radical (unpaired) electrons. The highest BCUT2D eigenvalue weighted by molar-refractivity contribution is 7.91. The fourth-order valence-electron chi connectivity index (χ4n) is 3.59. The van der Waals surface area contributed by atoms with Crippen molar-refractivity contribution in [2.45, 2.75) is 55.0 Å². The first kappa shape index (κ1) is 20.0. The maximum Gasteiger partial charge on any atom is 0.234 e. The van der Waals surface area contributed by atoms with Crippen LogP contribution in [0.15, 0.2) is 62.9 Å². The maximum atomic E-state index is 13.3. The minimum atomic E-state index is -3.85. The van der Waals surface area contributed by atoms with E-state index < -0.39 is 9.84 Å². The van der Waals surface area contributed by atoms with E-state index in [1.54, 1.807) is 42.5 Å². The van der Waals surface area contributed by atoms with Crippen molar-refractivity contribution >= 4 is 27.3 Å². The van der Waals surface area contributed by atoms with Crippen LogP contribution in [0.5, 0.6) is 0 Å².